The summed E-state index contributed by atoms with van der Waals surface area (Å²) in [6.45, 7) is 3.28. The summed E-state index contributed by atoms with van der Waals surface area (Å²) in [5.41, 5.74) is 2.26. The zero-order valence-corrected chi connectivity index (χ0v) is 18.9. The van der Waals surface area contributed by atoms with Crippen LogP contribution in [0.5, 0.6) is 0 Å². The van der Waals surface area contributed by atoms with Crippen LogP contribution < -0.4 is 0 Å². The van der Waals surface area contributed by atoms with E-state index in [9.17, 15) is 4.79 Å². The Balaban J connectivity index is 1.52. The van der Waals surface area contributed by atoms with E-state index in [0.29, 0.717) is 32.1 Å². The summed E-state index contributed by atoms with van der Waals surface area (Å²) in [7, 11) is 0. The summed E-state index contributed by atoms with van der Waals surface area (Å²) < 4.78 is 8.48. The quantitative estimate of drug-likeness (QED) is 0.474. The first-order valence-electron chi connectivity index (χ1n) is 9.92. The molecule has 0 bridgehead atoms. The first-order valence-corrected chi connectivity index (χ1v) is 11.7. The Kier molecular flexibility index (Phi) is 7.20. The molecule has 0 N–H and O–H groups in total. The van der Waals surface area contributed by atoms with Gasteiger partial charge >= 0.3 is 0 Å². The van der Waals surface area contributed by atoms with E-state index in [1.165, 1.54) is 17.3 Å². The summed E-state index contributed by atoms with van der Waals surface area (Å²) in [4.78, 5) is 14.4. The highest BCUT2D eigenvalue weighted by atomic mass is 79.9. The molecule has 8 heteroatoms. The Bertz CT molecular complexity index is 973. The minimum atomic E-state index is 0.117. The number of hydrogen-bond donors (Lipinski definition) is 0. The molecule has 1 aromatic heterocycles. The van der Waals surface area contributed by atoms with Crippen LogP contribution in [0.3, 0.4) is 0 Å². The van der Waals surface area contributed by atoms with Gasteiger partial charge in [-0.25, -0.2) is 0 Å². The number of thioether (sulfide) groups is 1. The van der Waals surface area contributed by atoms with Gasteiger partial charge in [0.15, 0.2) is 11.0 Å². The average molecular weight is 487 g/mol. The number of rotatable bonds is 7. The van der Waals surface area contributed by atoms with Crippen molar-refractivity contribution in [2.45, 2.75) is 18.1 Å². The van der Waals surface area contributed by atoms with Crippen LogP contribution in [0.1, 0.15) is 5.56 Å². The van der Waals surface area contributed by atoms with Crippen LogP contribution in [0.25, 0.3) is 11.4 Å². The van der Waals surface area contributed by atoms with Gasteiger partial charge in [0.05, 0.1) is 19.0 Å². The maximum Gasteiger partial charge on any atom is 0.233 e. The molecular formula is C22H23BrN4O2S. The molecule has 2 aromatic carbocycles. The summed E-state index contributed by atoms with van der Waals surface area (Å²) in [6, 6.07) is 18.4. The Hall–Kier alpha value is -2.16. The number of nitrogens with zero attached hydrogens (tertiary/aromatic N) is 4. The molecule has 3 aromatic rings. The number of halogens is 1. The first kappa shape index (κ1) is 21.1. The third-order valence-electron chi connectivity index (χ3n) is 4.97. The van der Waals surface area contributed by atoms with E-state index in [-0.39, 0.29) is 5.91 Å². The van der Waals surface area contributed by atoms with E-state index in [2.05, 4.69) is 42.8 Å². The minimum Gasteiger partial charge on any atom is -0.378 e. The predicted octanol–water partition coefficient (Wildman–Crippen LogP) is 3.90. The highest BCUT2D eigenvalue weighted by Crippen LogP contribution is 2.26. The second-order valence-electron chi connectivity index (χ2n) is 6.98. The predicted molar refractivity (Wildman–Crippen MR) is 121 cm³/mol. The Morgan fingerprint density at radius 1 is 1.03 bits per heavy atom. The Morgan fingerprint density at radius 2 is 1.77 bits per heavy atom. The van der Waals surface area contributed by atoms with Crippen LogP contribution in [0.15, 0.2) is 64.2 Å². The van der Waals surface area contributed by atoms with Crippen LogP contribution >= 0.6 is 27.7 Å². The van der Waals surface area contributed by atoms with Crippen molar-refractivity contribution in [3.05, 3.63) is 64.6 Å². The molecule has 1 fully saturated rings. The number of amides is 1. The van der Waals surface area contributed by atoms with Crippen molar-refractivity contribution >= 4 is 33.6 Å². The lowest BCUT2D eigenvalue weighted by Crippen LogP contribution is -2.41. The standard InChI is InChI=1S/C22H23BrN4O2S/c23-19-8-6-18(7-9-19)21-24-25-22(27(21)11-10-17-4-2-1-3-5-17)30-16-20(28)26-12-14-29-15-13-26/h1-9H,10-16H2. The SMILES string of the molecule is O=C(CSc1nnc(-c2ccc(Br)cc2)n1CCc1ccccc1)N1CCOCC1. The fourth-order valence-corrected chi connectivity index (χ4v) is 4.46. The summed E-state index contributed by atoms with van der Waals surface area (Å²) >= 11 is 4.93. The normalized spacial score (nSPS) is 14.1. The molecule has 0 radical (unpaired) electrons. The molecule has 0 unspecified atom stereocenters. The number of benzene rings is 2. The van der Waals surface area contributed by atoms with Crippen molar-refractivity contribution in [3.8, 4) is 11.4 Å². The van der Waals surface area contributed by atoms with E-state index < -0.39 is 0 Å². The van der Waals surface area contributed by atoms with Gasteiger partial charge < -0.3 is 14.2 Å². The van der Waals surface area contributed by atoms with Gasteiger partial charge in [-0.05, 0) is 24.1 Å². The fraction of sp³-hybridized carbons (Fsp3) is 0.318. The summed E-state index contributed by atoms with van der Waals surface area (Å²) in [6.07, 6.45) is 0.868. The molecule has 0 atom stereocenters. The van der Waals surface area contributed by atoms with Gasteiger partial charge in [-0.1, -0.05) is 70.2 Å². The third kappa shape index (κ3) is 5.30. The molecule has 2 heterocycles. The van der Waals surface area contributed by atoms with Gasteiger partial charge in [0.2, 0.25) is 5.91 Å². The summed E-state index contributed by atoms with van der Waals surface area (Å²) in [5.74, 6) is 1.29. The smallest absolute Gasteiger partial charge is 0.233 e. The molecule has 1 aliphatic rings. The molecule has 1 amide bonds. The van der Waals surface area contributed by atoms with Crippen molar-refractivity contribution in [2.24, 2.45) is 0 Å². The number of carbonyl (C=O) groups is 1. The number of morpholine rings is 1. The third-order valence-corrected chi connectivity index (χ3v) is 6.45. The van der Waals surface area contributed by atoms with Gasteiger partial charge in [0.25, 0.3) is 0 Å². The maximum absolute atomic E-state index is 12.6. The van der Waals surface area contributed by atoms with Gasteiger partial charge in [-0.3, -0.25) is 4.79 Å². The van der Waals surface area contributed by atoms with Crippen LogP contribution in [0.4, 0.5) is 0 Å². The second kappa shape index (κ2) is 10.2. The Morgan fingerprint density at radius 3 is 2.50 bits per heavy atom. The number of ether oxygens (including phenoxy) is 1. The number of hydrogen-bond acceptors (Lipinski definition) is 5. The van der Waals surface area contributed by atoms with E-state index in [1.54, 1.807) is 0 Å². The highest BCUT2D eigenvalue weighted by molar-refractivity contribution is 9.10. The van der Waals surface area contributed by atoms with E-state index in [0.717, 1.165) is 34.0 Å². The van der Waals surface area contributed by atoms with Crippen molar-refractivity contribution in [1.29, 1.82) is 0 Å². The average Bonchev–Trinajstić information content (AvgIpc) is 3.20. The summed E-state index contributed by atoms with van der Waals surface area (Å²) in [5, 5.41) is 9.63. The molecule has 30 heavy (non-hydrogen) atoms. The monoisotopic (exact) mass is 486 g/mol. The van der Waals surface area contributed by atoms with Crippen molar-refractivity contribution < 1.29 is 9.53 Å². The lowest BCUT2D eigenvalue weighted by Gasteiger charge is -2.26. The second-order valence-corrected chi connectivity index (χ2v) is 8.84. The molecule has 1 saturated heterocycles. The molecule has 0 aliphatic carbocycles. The topological polar surface area (TPSA) is 60.2 Å². The molecular weight excluding hydrogens is 464 g/mol. The molecule has 0 saturated carbocycles. The van der Waals surface area contributed by atoms with E-state index in [1.807, 2.05) is 47.4 Å². The molecule has 4 rings (SSSR count). The van der Waals surface area contributed by atoms with Gasteiger partial charge in [0.1, 0.15) is 0 Å². The van der Waals surface area contributed by atoms with Gasteiger partial charge in [-0.15, -0.1) is 10.2 Å². The number of carbonyl (C=O) groups excluding carboxylic acids is 1. The van der Waals surface area contributed by atoms with Gasteiger partial charge in [-0.2, -0.15) is 0 Å². The number of aryl methyl sites for hydroxylation is 1. The molecule has 6 nitrogen and oxygen atoms in total. The zero-order chi connectivity index (χ0) is 20.8. The lowest BCUT2D eigenvalue weighted by atomic mass is 10.1. The van der Waals surface area contributed by atoms with Crippen LogP contribution in [0, 0.1) is 0 Å². The van der Waals surface area contributed by atoms with E-state index in [4.69, 9.17) is 4.74 Å². The maximum atomic E-state index is 12.6. The largest absolute Gasteiger partial charge is 0.378 e. The van der Waals surface area contributed by atoms with E-state index >= 15 is 0 Å². The van der Waals surface area contributed by atoms with Crippen LogP contribution in [-0.2, 0) is 22.5 Å². The van der Waals surface area contributed by atoms with Crippen molar-refractivity contribution in [2.75, 3.05) is 32.1 Å². The molecule has 1 aliphatic heterocycles. The van der Waals surface area contributed by atoms with Crippen LogP contribution in [0.2, 0.25) is 0 Å². The molecule has 0 spiro atoms. The van der Waals surface area contributed by atoms with Crippen molar-refractivity contribution in [1.82, 2.24) is 19.7 Å². The van der Waals surface area contributed by atoms with Crippen molar-refractivity contribution in [3.63, 3.8) is 0 Å². The number of aromatic nitrogens is 3. The first-order chi connectivity index (χ1) is 14.7. The lowest BCUT2D eigenvalue weighted by molar-refractivity contribution is -0.132. The van der Waals surface area contributed by atoms with Gasteiger partial charge in [0, 0.05) is 29.7 Å². The minimum absolute atomic E-state index is 0.117. The fourth-order valence-electron chi connectivity index (χ4n) is 3.33. The molecule has 156 valence electrons. The highest BCUT2D eigenvalue weighted by Gasteiger charge is 2.20. The Labute approximate surface area is 188 Å². The zero-order valence-electron chi connectivity index (χ0n) is 16.5. The van der Waals surface area contributed by atoms with Crippen LogP contribution in [-0.4, -0.2) is 57.6 Å².